The van der Waals surface area contributed by atoms with Gasteiger partial charge < -0.3 is 9.80 Å². The van der Waals surface area contributed by atoms with Gasteiger partial charge in [0.15, 0.2) is 5.67 Å². The largest absolute Gasteiger partial charge is 0.339 e. The molecule has 2 saturated heterocycles. The minimum atomic E-state index is -1.68. The molecule has 1 aromatic rings. The van der Waals surface area contributed by atoms with Crippen LogP contribution in [0.25, 0.3) is 0 Å². The van der Waals surface area contributed by atoms with Gasteiger partial charge in [-0.05, 0) is 38.5 Å². The quantitative estimate of drug-likeness (QED) is 0.826. The Morgan fingerprint density at radius 1 is 1.21 bits per heavy atom. The van der Waals surface area contributed by atoms with E-state index in [9.17, 15) is 14.0 Å². The Hall–Kier alpha value is -1.92. The third-order valence-corrected chi connectivity index (χ3v) is 5.91. The molecule has 0 bridgehead atoms. The van der Waals surface area contributed by atoms with Crippen molar-refractivity contribution in [1.82, 2.24) is 14.7 Å². The first-order valence-corrected chi connectivity index (χ1v) is 8.73. The van der Waals surface area contributed by atoms with Crippen LogP contribution in [0.4, 0.5) is 10.1 Å². The Kier molecular flexibility index (Phi) is 3.44. The molecular weight excluding hydrogens is 311 g/mol. The smallest absolute Gasteiger partial charge is 0.260 e. The molecule has 1 aliphatic carbocycles. The summed E-state index contributed by atoms with van der Waals surface area (Å²) in [6.07, 6.45) is 7.18. The molecule has 2 amide bonds. The average Bonchev–Trinajstić information content (AvgIpc) is 3.10. The third-order valence-electron chi connectivity index (χ3n) is 5.91. The summed E-state index contributed by atoms with van der Waals surface area (Å²) in [5.74, 6) is -0.352. The standard InChI is InChI=1S/C17H23FN4O2/c1-20-11-13(10-19-20)22-9-7-16(14(22)23)4-3-8-21(12-16)15(24)17(18)5-2-6-17/h10-11H,2-9,12H2,1H3. The number of halogens is 1. The van der Waals surface area contributed by atoms with Crippen molar-refractivity contribution in [3.8, 4) is 0 Å². The van der Waals surface area contributed by atoms with Gasteiger partial charge in [-0.25, -0.2) is 4.39 Å². The first-order chi connectivity index (χ1) is 11.4. The molecule has 1 unspecified atom stereocenters. The number of carbonyl (C=O) groups is 2. The van der Waals surface area contributed by atoms with E-state index in [2.05, 4.69) is 5.10 Å². The number of likely N-dealkylation sites (tertiary alicyclic amines) is 1. The first kappa shape index (κ1) is 15.6. The van der Waals surface area contributed by atoms with E-state index in [1.807, 2.05) is 13.2 Å². The predicted octanol–water partition coefficient (Wildman–Crippen LogP) is 1.66. The number of anilines is 1. The van der Waals surface area contributed by atoms with E-state index in [1.165, 1.54) is 0 Å². The molecule has 3 heterocycles. The van der Waals surface area contributed by atoms with Crippen LogP contribution in [0.2, 0.25) is 0 Å². The second-order valence-electron chi connectivity index (χ2n) is 7.51. The van der Waals surface area contributed by atoms with Crippen molar-refractivity contribution in [3.05, 3.63) is 12.4 Å². The van der Waals surface area contributed by atoms with Crippen molar-refractivity contribution in [2.24, 2.45) is 12.5 Å². The highest BCUT2D eigenvalue weighted by Gasteiger charge is 2.53. The highest BCUT2D eigenvalue weighted by atomic mass is 19.1. The van der Waals surface area contributed by atoms with Gasteiger partial charge in [0, 0.05) is 32.9 Å². The lowest BCUT2D eigenvalue weighted by molar-refractivity contribution is -0.154. The van der Waals surface area contributed by atoms with Crippen LogP contribution in [0.3, 0.4) is 0 Å². The molecule has 2 aliphatic heterocycles. The van der Waals surface area contributed by atoms with Crippen molar-refractivity contribution in [2.75, 3.05) is 24.5 Å². The Balaban J connectivity index is 1.53. The maximum Gasteiger partial charge on any atom is 0.260 e. The Morgan fingerprint density at radius 3 is 2.62 bits per heavy atom. The number of amides is 2. The van der Waals surface area contributed by atoms with Crippen LogP contribution in [-0.2, 0) is 16.6 Å². The lowest BCUT2D eigenvalue weighted by atomic mass is 9.76. The molecule has 1 saturated carbocycles. The molecule has 3 fully saturated rings. The van der Waals surface area contributed by atoms with Crippen LogP contribution >= 0.6 is 0 Å². The fourth-order valence-corrected chi connectivity index (χ4v) is 4.28. The molecule has 24 heavy (non-hydrogen) atoms. The van der Waals surface area contributed by atoms with Crippen LogP contribution in [0, 0.1) is 5.41 Å². The van der Waals surface area contributed by atoms with Crippen molar-refractivity contribution < 1.29 is 14.0 Å². The lowest BCUT2D eigenvalue weighted by Gasteiger charge is -2.43. The second kappa shape index (κ2) is 5.29. The molecule has 1 spiro atoms. The van der Waals surface area contributed by atoms with E-state index in [0.717, 1.165) is 24.9 Å². The molecule has 4 rings (SSSR count). The zero-order chi connectivity index (χ0) is 16.9. The summed E-state index contributed by atoms with van der Waals surface area (Å²) in [5, 5.41) is 4.13. The number of nitrogens with zero attached hydrogens (tertiary/aromatic N) is 4. The van der Waals surface area contributed by atoms with E-state index in [4.69, 9.17) is 0 Å². The number of aromatic nitrogens is 2. The van der Waals surface area contributed by atoms with Crippen LogP contribution in [0.1, 0.15) is 38.5 Å². The lowest BCUT2D eigenvalue weighted by Crippen LogP contribution is -2.56. The van der Waals surface area contributed by atoms with Gasteiger partial charge in [-0.1, -0.05) is 0 Å². The number of piperidine rings is 1. The van der Waals surface area contributed by atoms with Gasteiger partial charge in [0.25, 0.3) is 5.91 Å². The highest BCUT2D eigenvalue weighted by Crippen LogP contribution is 2.44. The van der Waals surface area contributed by atoms with Crippen molar-refractivity contribution in [1.29, 1.82) is 0 Å². The predicted molar refractivity (Wildman–Crippen MR) is 86.1 cm³/mol. The Labute approximate surface area is 140 Å². The van der Waals surface area contributed by atoms with Crippen LogP contribution in [0.5, 0.6) is 0 Å². The number of rotatable bonds is 2. The van der Waals surface area contributed by atoms with E-state index in [-0.39, 0.29) is 5.91 Å². The topological polar surface area (TPSA) is 58.4 Å². The number of carbonyl (C=O) groups excluding carboxylic acids is 2. The summed E-state index contributed by atoms with van der Waals surface area (Å²) in [6.45, 7) is 1.55. The third kappa shape index (κ3) is 2.24. The SMILES string of the molecule is Cn1cc(N2CCC3(CCCN(C(=O)C4(F)CCC4)C3)C2=O)cn1. The maximum atomic E-state index is 14.5. The zero-order valence-electron chi connectivity index (χ0n) is 14.0. The zero-order valence-corrected chi connectivity index (χ0v) is 14.0. The number of hydrogen-bond donors (Lipinski definition) is 0. The van der Waals surface area contributed by atoms with Crippen molar-refractivity contribution in [2.45, 2.75) is 44.2 Å². The van der Waals surface area contributed by atoms with Crippen molar-refractivity contribution in [3.63, 3.8) is 0 Å². The molecular formula is C17H23FN4O2. The number of hydrogen-bond acceptors (Lipinski definition) is 3. The molecule has 1 aromatic heterocycles. The van der Waals surface area contributed by atoms with E-state index >= 15 is 0 Å². The van der Waals surface area contributed by atoms with Gasteiger partial charge in [-0.15, -0.1) is 0 Å². The van der Waals surface area contributed by atoms with Gasteiger partial charge >= 0.3 is 0 Å². The highest BCUT2D eigenvalue weighted by molar-refractivity contribution is 6.00. The monoisotopic (exact) mass is 334 g/mol. The summed E-state index contributed by atoms with van der Waals surface area (Å²) in [7, 11) is 1.82. The molecule has 1 atom stereocenters. The van der Waals surface area contributed by atoms with Gasteiger partial charge in [0.05, 0.1) is 17.3 Å². The fraction of sp³-hybridized carbons (Fsp3) is 0.706. The molecule has 3 aliphatic rings. The molecule has 0 aromatic carbocycles. The maximum absolute atomic E-state index is 14.5. The molecule has 0 radical (unpaired) electrons. The summed E-state index contributed by atoms with van der Waals surface area (Å²) in [5.41, 5.74) is -1.43. The molecule has 130 valence electrons. The average molecular weight is 334 g/mol. The van der Waals surface area contributed by atoms with E-state index in [0.29, 0.717) is 38.9 Å². The minimum Gasteiger partial charge on any atom is -0.339 e. The van der Waals surface area contributed by atoms with Gasteiger partial charge in [-0.3, -0.25) is 14.3 Å². The van der Waals surface area contributed by atoms with Crippen LogP contribution in [0.15, 0.2) is 12.4 Å². The normalized spacial score (nSPS) is 29.2. The first-order valence-electron chi connectivity index (χ1n) is 8.73. The van der Waals surface area contributed by atoms with E-state index < -0.39 is 17.0 Å². The van der Waals surface area contributed by atoms with Gasteiger partial charge in [0.2, 0.25) is 5.91 Å². The second-order valence-corrected chi connectivity index (χ2v) is 7.51. The summed E-state index contributed by atoms with van der Waals surface area (Å²) in [4.78, 5) is 28.9. The van der Waals surface area contributed by atoms with Crippen LogP contribution in [-0.4, -0.2) is 51.8 Å². The van der Waals surface area contributed by atoms with Crippen molar-refractivity contribution >= 4 is 17.5 Å². The molecule has 6 nitrogen and oxygen atoms in total. The number of alkyl halides is 1. The van der Waals surface area contributed by atoms with Gasteiger partial charge in [0.1, 0.15) is 0 Å². The molecule has 0 N–H and O–H groups in total. The summed E-state index contributed by atoms with van der Waals surface area (Å²) in [6, 6.07) is 0. The number of aryl methyl sites for hydroxylation is 1. The Bertz CT molecular complexity index is 684. The van der Waals surface area contributed by atoms with E-state index in [1.54, 1.807) is 20.7 Å². The summed E-state index contributed by atoms with van der Waals surface area (Å²) < 4.78 is 16.2. The molecule has 7 heteroatoms. The minimum absolute atomic E-state index is 0.0505. The Morgan fingerprint density at radius 2 is 2.00 bits per heavy atom. The van der Waals surface area contributed by atoms with Gasteiger partial charge in [-0.2, -0.15) is 5.10 Å². The fourth-order valence-electron chi connectivity index (χ4n) is 4.28. The summed E-state index contributed by atoms with van der Waals surface area (Å²) >= 11 is 0. The van der Waals surface area contributed by atoms with Crippen LogP contribution < -0.4 is 4.90 Å².